The van der Waals surface area contributed by atoms with Gasteiger partial charge in [-0.1, -0.05) is 66.7 Å². The van der Waals surface area contributed by atoms with Crippen LogP contribution in [0.5, 0.6) is 0 Å². The van der Waals surface area contributed by atoms with Gasteiger partial charge in [-0.2, -0.15) is 0 Å². The third kappa shape index (κ3) is 2.05. The smallest absolute Gasteiger partial charge is 0.150 e. The molecule has 1 heteroatoms. The number of carbonyl (C=O) groups excluding carboxylic acids is 1. The molecule has 4 aromatic rings. The van der Waals surface area contributed by atoms with E-state index in [-0.39, 0.29) is 0 Å². The number of benzene rings is 4. The van der Waals surface area contributed by atoms with E-state index in [0.717, 1.165) is 30.3 Å². The fourth-order valence-electron chi connectivity index (χ4n) is 4.45. The highest BCUT2D eigenvalue weighted by molar-refractivity contribution is 6.17. The van der Waals surface area contributed by atoms with Gasteiger partial charge in [-0.15, -0.1) is 0 Å². The quantitative estimate of drug-likeness (QED) is 0.329. The Hall–Kier alpha value is -2.93. The zero-order chi connectivity index (χ0) is 16.8. The Bertz CT molecular complexity index is 1140. The van der Waals surface area contributed by atoms with Crippen LogP contribution in [0.3, 0.4) is 0 Å². The molecule has 0 radical (unpaired) electrons. The van der Waals surface area contributed by atoms with Gasteiger partial charge < -0.3 is 0 Å². The number of carbonyl (C=O) groups is 1. The van der Waals surface area contributed by atoms with Gasteiger partial charge in [0, 0.05) is 5.56 Å². The molecule has 0 heterocycles. The first-order valence-electron chi connectivity index (χ1n) is 8.88. The first-order chi connectivity index (χ1) is 12.4. The first-order valence-corrected chi connectivity index (χ1v) is 8.88. The van der Waals surface area contributed by atoms with Crippen LogP contribution >= 0.6 is 0 Å². The van der Waals surface area contributed by atoms with Crippen molar-refractivity contribution in [3.63, 3.8) is 0 Å². The summed E-state index contributed by atoms with van der Waals surface area (Å²) in [6.45, 7) is 0. The van der Waals surface area contributed by atoms with E-state index in [9.17, 15) is 4.79 Å². The molecule has 1 nitrogen and oxygen atoms in total. The molecule has 0 aromatic heterocycles. The Morgan fingerprint density at radius 3 is 2.36 bits per heavy atom. The normalized spacial score (nSPS) is 13.3. The van der Waals surface area contributed by atoms with E-state index in [1.54, 1.807) is 0 Å². The van der Waals surface area contributed by atoms with Gasteiger partial charge in [-0.3, -0.25) is 4.79 Å². The summed E-state index contributed by atoms with van der Waals surface area (Å²) >= 11 is 0. The molecule has 25 heavy (non-hydrogen) atoms. The maximum atomic E-state index is 11.7. The summed E-state index contributed by atoms with van der Waals surface area (Å²) in [5.74, 6) is 0. The summed E-state index contributed by atoms with van der Waals surface area (Å²) < 4.78 is 0. The molecular weight excluding hydrogens is 304 g/mol. The Labute approximate surface area is 146 Å². The van der Waals surface area contributed by atoms with Crippen molar-refractivity contribution in [3.05, 3.63) is 83.4 Å². The van der Waals surface area contributed by atoms with Crippen LogP contribution in [0.4, 0.5) is 0 Å². The Balaban J connectivity index is 2.05. The summed E-state index contributed by atoms with van der Waals surface area (Å²) in [5, 5.41) is 5.28. The fourth-order valence-corrected chi connectivity index (χ4v) is 4.45. The van der Waals surface area contributed by atoms with Crippen molar-refractivity contribution < 1.29 is 4.79 Å². The van der Waals surface area contributed by atoms with Crippen LogP contribution < -0.4 is 0 Å². The number of hydrogen-bond acceptors (Lipinski definition) is 1. The Morgan fingerprint density at radius 1 is 0.720 bits per heavy atom. The molecule has 0 saturated heterocycles. The van der Waals surface area contributed by atoms with Crippen molar-refractivity contribution in [1.82, 2.24) is 0 Å². The Morgan fingerprint density at radius 2 is 1.48 bits per heavy atom. The van der Waals surface area contributed by atoms with Gasteiger partial charge in [-0.05, 0) is 63.1 Å². The van der Waals surface area contributed by atoms with E-state index < -0.39 is 0 Å². The van der Waals surface area contributed by atoms with Gasteiger partial charge in [0.05, 0.1) is 0 Å². The monoisotopic (exact) mass is 322 g/mol. The summed E-state index contributed by atoms with van der Waals surface area (Å²) in [6, 6.07) is 23.3. The van der Waals surface area contributed by atoms with E-state index in [2.05, 4.69) is 48.5 Å². The molecule has 0 N–H and O–H groups in total. The Kier molecular flexibility index (Phi) is 3.21. The molecular formula is C24H18O. The van der Waals surface area contributed by atoms with Gasteiger partial charge in [0.15, 0.2) is 6.29 Å². The average Bonchev–Trinajstić information content (AvgIpc) is 2.69. The molecule has 5 rings (SSSR count). The predicted octanol–water partition coefficient (Wildman–Crippen LogP) is 5.96. The molecule has 1 aliphatic carbocycles. The number of aryl methyl sites for hydroxylation is 2. The molecule has 0 saturated carbocycles. The number of hydrogen-bond donors (Lipinski definition) is 0. The van der Waals surface area contributed by atoms with Crippen LogP contribution in [0.25, 0.3) is 32.7 Å². The lowest BCUT2D eigenvalue weighted by Crippen LogP contribution is -2.05. The summed E-state index contributed by atoms with van der Waals surface area (Å²) in [7, 11) is 0. The van der Waals surface area contributed by atoms with E-state index in [0.29, 0.717) is 0 Å². The summed E-state index contributed by atoms with van der Waals surface area (Å²) in [5.41, 5.74) is 5.92. The second-order valence-corrected chi connectivity index (χ2v) is 6.80. The van der Waals surface area contributed by atoms with Gasteiger partial charge in [0.1, 0.15) is 0 Å². The summed E-state index contributed by atoms with van der Waals surface area (Å²) in [6.07, 6.45) is 4.36. The lowest BCUT2D eigenvalue weighted by atomic mass is 9.80. The van der Waals surface area contributed by atoms with Crippen molar-refractivity contribution in [3.8, 4) is 11.1 Å². The minimum Gasteiger partial charge on any atom is -0.298 e. The third-order valence-electron chi connectivity index (χ3n) is 5.47. The zero-order valence-corrected chi connectivity index (χ0v) is 14.0. The van der Waals surface area contributed by atoms with Gasteiger partial charge >= 0.3 is 0 Å². The molecule has 0 aliphatic heterocycles. The molecule has 0 bridgehead atoms. The maximum Gasteiger partial charge on any atom is 0.150 e. The van der Waals surface area contributed by atoms with Crippen LogP contribution in [-0.4, -0.2) is 6.29 Å². The van der Waals surface area contributed by atoms with Crippen molar-refractivity contribution in [2.75, 3.05) is 0 Å². The van der Waals surface area contributed by atoms with Crippen molar-refractivity contribution in [1.29, 1.82) is 0 Å². The summed E-state index contributed by atoms with van der Waals surface area (Å²) in [4.78, 5) is 11.7. The lowest BCUT2D eigenvalue weighted by molar-refractivity contribution is 0.112. The largest absolute Gasteiger partial charge is 0.298 e. The average molecular weight is 322 g/mol. The molecule has 0 unspecified atom stereocenters. The first kappa shape index (κ1) is 14.4. The molecule has 4 aromatic carbocycles. The van der Waals surface area contributed by atoms with Crippen molar-refractivity contribution >= 4 is 27.8 Å². The van der Waals surface area contributed by atoms with Crippen molar-refractivity contribution in [2.24, 2.45) is 0 Å². The molecule has 0 spiro atoms. The van der Waals surface area contributed by atoms with E-state index in [4.69, 9.17) is 0 Å². The third-order valence-corrected chi connectivity index (χ3v) is 5.47. The van der Waals surface area contributed by atoms with Crippen molar-refractivity contribution in [2.45, 2.75) is 19.3 Å². The lowest BCUT2D eigenvalue weighted by Gasteiger charge is -2.24. The van der Waals surface area contributed by atoms with E-state index in [1.807, 2.05) is 18.2 Å². The standard InChI is InChI=1S/C24H18O/c25-15-17-7-1-2-10-18(17)24-21-12-4-3-11-19(21)20-13-5-8-16-9-6-14-22(24)23(16)20/h1-5,7-8,10-13,15H,6,9,14H2. The van der Waals surface area contributed by atoms with E-state index >= 15 is 0 Å². The van der Waals surface area contributed by atoms with Crippen LogP contribution in [0, 0.1) is 0 Å². The number of rotatable bonds is 2. The number of aldehydes is 1. The highest BCUT2D eigenvalue weighted by atomic mass is 16.1. The van der Waals surface area contributed by atoms with Gasteiger partial charge in [-0.25, -0.2) is 0 Å². The van der Waals surface area contributed by atoms with Crippen LogP contribution in [0.2, 0.25) is 0 Å². The topological polar surface area (TPSA) is 17.1 Å². The molecule has 1 aliphatic rings. The molecule has 120 valence electrons. The molecule has 0 fully saturated rings. The minimum absolute atomic E-state index is 0.770. The van der Waals surface area contributed by atoms with E-state index in [1.165, 1.54) is 44.7 Å². The van der Waals surface area contributed by atoms with Gasteiger partial charge in [0.25, 0.3) is 0 Å². The minimum atomic E-state index is 0.770. The second-order valence-electron chi connectivity index (χ2n) is 6.80. The highest BCUT2D eigenvalue weighted by Crippen LogP contribution is 2.43. The molecule has 0 amide bonds. The van der Waals surface area contributed by atoms with Gasteiger partial charge in [0.2, 0.25) is 0 Å². The van der Waals surface area contributed by atoms with Crippen LogP contribution in [0.1, 0.15) is 27.9 Å². The van der Waals surface area contributed by atoms with Crippen LogP contribution in [-0.2, 0) is 12.8 Å². The zero-order valence-electron chi connectivity index (χ0n) is 14.0. The maximum absolute atomic E-state index is 11.7. The SMILES string of the molecule is O=Cc1ccccc1-c1c2c3c(cccc3c3ccccc13)CCC2. The predicted molar refractivity (Wildman–Crippen MR) is 104 cm³/mol. The highest BCUT2D eigenvalue weighted by Gasteiger charge is 2.21. The van der Waals surface area contributed by atoms with Crippen LogP contribution in [0.15, 0.2) is 66.7 Å². The second kappa shape index (κ2) is 5.56. The molecule has 0 atom stereocenters. The number of fused-ring (bicyclic) bond motifs is 2. The fraction of sp³-hybridized carbons (Fsp3) is 0.125.